The van der Waals surface area contributed by atoms with E-state index in [0.29, 0.717) is 11.5 Å². The normalized spacial score (nSPS) is 17.1. The van der Waals surface area contributed by atoms with Gasteiger partial charge in [0.25, 0.3) is 0 Å². The number of aromatic nitrogens is 1. The van der Waals surface area contributed by atoms with Gasteiger partial charge < -0.3 is 8.94 Å². The first-order valence-corrected chi connectivity index (χ1v) is 8.01. The van der Waals surface area contributed by atoms with Crippen LogP contribution in [0.4, 0.5) is 4.39 Å². The molecule has 0 radical (unpaired) electrons. The number of halogens is 1. The molecule has 120 valence electrons. The van der Waals surface area contributed by atoms with Gasteiger partial charge in [-0.1, -0.05) is 5.16 Å². The molecule has 2 aromatic heterocycles. The highest BCUT2D eigenvalue weighted by Gasteiger charge is 2.25. The topological polar surface area (TPSA) is 42.4 Å². The Morgan fingerprint density at radius 2 is 2.04 bits per heavy atom. The number of aryl methyl sites for hydroxylation is 1. The maximum Gasteiger partial charge on any atom is 0.170 e. The van der Waals surface area contributed by atoms with Crippen molar-refractivity contribution in [3.63, 3.8) is 0 Å². The van der Waals surface area contributed by atoms with Gasteiger partial charge in [-0.05, 0) is 57.1 Å². The molecule has 0 saturated carbocycles. The van der Waals surface area contributed by atoms with Crippen LogP contribution in [0.2, 0.25) is 0 Å². The lowest BCUT2D eigenvalue weighted by molar-refractivity contribution is 0.188. The van der Waals surface area contributed by atoms with Crippen molar-refractivity contribution < 1.29 is 13.3 Å². The standard InChI is InChI=1S/C18H19FN2O2/c1-12-2-4-15(22-12)11-21-8-6-13(7-9-21)18-16-5-3-14(19)10-17(16)23-20-18/h2-5,10,13H,6-9,11H2,1H3. The zero-order valence-corrected chi connectivity index (χ0v) is 13.1. The predicted octanol–water partition coefficient (Wildman–Crippen LogP) is 4.25. The van der Waals surface area contributed by atoms with E-state index in [9.17, 15) is 4.39 Å². The van der Waals surface area contributed by atoms with E-state index in [1.54, 1.807) is 6.07 Å². The van der Waals surface area contributed by atoms with Crippen molar-refractivity contribution in [3.8, 4) is 0 Å². The fraction of sp³-hybridized carbons (Fsp3) is 0.389. The molecular formula is C18H19FN2O2. The van der Waals surface area contributed by atoms with Crippen molar-refractivity contribution >= 4 is 11.0 Å². The number of likely N-dealkylation sites (tertiary alicyclic amines) is 1. The maximum atomic E-state index is 13.2. The summed E-state index contributed by atoms with van der Waals surface area (Å²) in [6, 6.07) is 8.69. The molecule has 1 aliphatic rings. The largest absolute Gasteiger partial charge is 0.465 e. The lowest BCUT2D eigenvalue weighted by atomic mass is 9.91. The second-order valence-corrected chi connectivity index (χ2v) is 6.27. The zero-order valence-electron chi connectivity index (χ0n) is 13.1. The molecule has 0 atom stereocenters. The van der Waals surface area contributed by atoms with E-state index < -0.39 is 0 Å². The first-order chi connectivity index (χ1) is 11.2. The zero-order chi connectivity index (χ0) is 15.8. The molecule has 1 aromatic carbocycles. The van der Waals surface area contributed by atoms with Crippen LogP contribution in [0, 0.1) is 12.7 Å². The van der Waals surface area contributed by atoms with Crippen LogP contribution in [0.1, 0.15) is 36.0 Å². The minimum absolute atomic E-state index is 0.288. The van der Waals surface area contributed by atoms with E-state index >= 15 is 0 Å². The van der Waals surface area contributed by atoms with Crippen LogP contribution in [-0.4, -0.2) is 23.1 Å². The maximum absolute atomic E-state index is 13.2. The van der Waals surface area contributed by atoms with Gasteiger partial charge in [-0.25, -0.2) is 4.39 Å². The molecule has 3 heterocycles. The van der Waals surface area contributed by atoms with Gasteiger partial charge in [-0.2, -0.15) is 0 Å². The molecule has 4 nitrogen and oxygen atoms in total. The first kappa shape index (κ1) is 14.5. The number of benzene rings is 1. The van der Waals surface area contributed by atoms with Crippen LogP contribution >= 0.6 is 0 Å². The number of fused-ring (bicyclic) bond motifs is 1. The molecule has 0 bridgehead atoms. The van der Waals surface area contributed by atoms with Gasteiger partial charge in [-0.15, -0.1) is 0 Å². The van der Waals surface area contributed by atoms with E-state index in [0.717, 1.165) is 55.1 Å². The predicted molar refractivity (Wildman–Crippen MR) is 84.7 cm³/mol. The van der Waals surface area contributed by atoms with E-state index in [1.807, 2.05) is 19.1 Å². The Bertz CT molecular complexity index is 815. The number of nitrogens with zero attached hydrogens (tertiary/aromatic N) is 2. The van der Waals surface area contributed by atoms with Crippen LogP contribution < -0.4 is 0 Å². The monoisotopic (exact) mass is 314 g/mol. The summed E-state index contributed by atoms with van der Waals surface area (Å²) >= 11 is 0. The third kappa shape index (κ3) is 2.88. The summed E-state index contributed by atoms with van der Waals surface area (Å²) in [5, 5.41) is 5.13. The Morgan fingerprint density at radius 1 is 1.22 bits per heavy atom. The summed E-state index contributed by atoms with van der Waals surface area (Å²) in [5.74, 6) is 2.06. The molecule has 0 N–H and O–H groups in total. The van der Waals surface area contributed by atoms with E-state index in [1.165, 1.54) is 12.1 Å². The molecular weight excluding hydrogens is 295 g/mol. The van der Waals surface area contributed by atoms with Gasteiger partial charge in [0.15, 0.2) is 5.58 Å². The molecule has 1 fully saturated rings. The highest BCUT2D eigenvalue weighted by molar-refractivity contribution is 5.79. The van der Waals surface area contributed by atoms with Crippen LogP contribution in [-0.2, 0) is 6.54 Å². The Balaban J connectivity index is 1.44. The smallest absolute Gasteiger partial charge is 0.170 e. The van der Waals surface area contributed by atoms with E-state index in [2.05, 4.69) is 10.1 Å². The molecule has 0 amide bonds. The van der Waals surface area contributed by atoms with Gasteiger partial charge >= 0.3 is 0 Å². The average Bonchev–Trinajstić information content (AvgIpc) is 3.14. The summed E-state index contributed by atoms with van der Waals surface area (Å²) in [4.78, 5) is 2.40. The SMILES string of the molecule is Cc1ccc(CN2CCC(c3noc4cc(F)ccc34)CC2)o1. The summed E-state index contributed by atoms with van der Waals surface area (Å²) in [6.45, 7) is 4.82. The molecule has 0 aliphatic carbocycles. The van der Waals surface area contributed by atoms with Crippen molar-refractivity contribution in [1.82, 2.24) is 10.1 Å². The fourth-order valence-corrected chi connectivity index (χ4v) is 3.38. The molecule has 1 aliphatic heterocycles. The van der Waals surface area contributed by atoms with Crippen LogP contribution in [0.5, 0.6) is 0 Å². The van der Waals surface area contributed by atoms with Crippen LogP contribution in [0.15, 0.2) is 39.3 Å². The first-order valence-electron chi connectivity index (χ1n) is 8.01. The Hall–Kier alpha value is -2.14. The van der Waals surface area contributed by atoms with Gasteiger partial charge in [-0.3, -0.25) is 4.90 Å². The molecule has 4 rings (SSSR count). The number of furan rings is 1. The number of hydrogen-bond acceptors (Lipinski definition) is 4. The summed E-state index contributed by atoms with van der Waals surface area (Å²) in [6.07, 6.45) is 2.05. The van der Waals surface area contributed by atoms with Gasteiger partial charge in [0, 0.05) is 17.4 Å². The third-order valence-electron chi connectivity index (χ3n) is 4.61. The Kier molecular flexibility index (Phi) is 3.65. The van der Waals surface area contributed by atoms with Gasteiger partial charge in [0.2, 0.25) is 0 Å². The average molecular weight is 314 g/mol. The highest BCUT2D eigenvalue weighted by Crippen LogP contribution is 2.33. The molecule has 3 aromatic rings. The molecule has 23 heavy (non-hydrogen) atoms. The van der Waals surface area contributed by atoms with Gasteiger partial charge in [0.05, 0.1) is 12.2 Å². The van der Waals surface area contributed by atoms with Crippen molar-refractivity contribution in [3.05, 3.63) is 53.4 Å². The number of piperidine rings is 1. The number of rotatable bonds is 3. The van der Waals surface area contributed by atoms with Crippen LogP contribution in [0.25, 0.3) is 11.0 Å². The van der Waals surface area contributed by atoms with Crippen LogP contribution in [0.3, 0.4) is 0 Å². The van der Waals surface area contributed by atoms with Crippen molar-refractivity contribution in [2.24, 2.45) is 0 Å². The fourth-order valence-electron chi connectivity index (χ4n) is 3.38. The molecule has 5 heteroatoms. The summed E-state index contributed by atoms with van der Waals surface area (Å²) in [5.41, 5.74) is 1.50. The minimum atomic E-state index is -0.288. The third-order valence-corrected chi connectivity index (χ3v) is 4.61. The summed E-state index contributed by atoms with van der Waals surface area (Å²) in [7, 11) is 0. The second kappa shape index (κ2) is 5.81. The molecule has 0 unspecified atom stereocenters. The van der Waals surface area contributed by atoms with Crippen molar-refractivity contribution in [2.45, 2.75) is 32.2 Å². The highest BCUT2D eigenvalue weighted by atomic mass is 19.1. The minimum Gasteiger partial charge on any atom is -0.465 e. The summed E-state index contributed by atoms with van der Waals surface area (Å²) < 4.78 is 24.2. The van der Waals surface area contributed by atoms with Crippen molar-refractivity contribution in [1.29, 1.82) is 0 Å². The van der Waals surface area contributed by atoms with E-state index in [4.69, 9.17) is 8.94 Å². The number of hydrogen-bond donors (Lipinski definition) is 0. The lowest BCUT2D eigenvalue weighted by Gasteiger charge is -2.30. The molecule has 1 saturated heterocycles. The lowest BCUT2D eigenvalue weighted by Crippen LogP contribution is -2.32. The van der Waals surface area contributed by atoms with E-state index in [-0.39, 0.29) is 5.82 Å². The second-order valence-electron chi connectivity index (χ2n) is 6.27. The Labute approximate surface area is 133 Å². The quantitative estimate of drug-likeness (QED) is 0.725. The Morgan fingerprint density at radius 3 is 2.78 bits per heavy atom. The van der Waals surface area contributed by atoms with Gasteiger partial charge in [0.1, 0.15) is 17.3 Å². The molecule has 0 spiro atoms. The van der Waals surface area contributed by atoms with Crippen molar-refractivity contribution in [2.75, 3.05) is 13.1 Å².